The van der Waals surface area contributed by atoms with Crippen molar-refractivity contribution in [2.24, 2.45) is 0 Å². The Morgan fingerprint density at radius 3 is 2.50 bits per heavy atom. The summed E-state index contributed by atoms with van der Waals surface area (Å²) in [6.45, 7) is 0. The molecular weight excluding hydrogens is 206 g/mol. The van der Waals surface area contributed by atoms with Gasteiger partial charge in [0.2, 0.25) is 0 Å². The molecule has 4 heteroatoms. The normalized spacial score (nSPS) is 10.1. The Labute approximate surface area is 92.8 Å². The van der Waals surface area contributed by atoms with Gasteiger partial charge >= 0.3 is 0 Å². The largest absolute Gasteiger partial charge is 0.493 e. The zero-order valence-corrected chi connectivity index (χ0v) is 9.06. The van der Waals surface area contributed by atoms with E-state index in [1.165, 1.54) is 0 Å². The maximum absolute atomic E-state index is 10.8. The van der Waals surface area contributed by atoms with Gasteiger partial charge in [-0.2, -0.15) is 0 Å². The minimum Gasteiger partial charge on any atom is -0.493 e. The molecule has 0 aliphatic carbocycles. The summed E-state index contributed by atoms with van der Waals surface area (Å²) in [7, 11) is 3.13. The lowest BCUT2D eigenvalue weighted by molar-refractivity contribution is 0.112. The monoisotopic (exact) mass is 217 g/mol. The number of aromatic nitrogens is 1. The molecule has 1 aromatic heterocycles. The smallest absolute Gasteiger partial charge is 0.169 e. The SMILES string of the molecule is COc1cc2ccnc(C=O)c2cc1OC. The maximum Gasteiger partial charge on any atom is 0.169 e. The topological polar surface area (TPSA) is 48.4 Å². The number of nitrogens with zero attached hydrogens (tertiary/aromatic N) is 1. The number of ether oxygens (including phenoxy) is 2. The van der Waals surface area contributed by atoms with Crippen LogP contribution < -0.4 is 9.47 Å². The van der Waals surface area contributed by atoms with Crippen LogP contribution in [0.2, 0.25) is 0 Å². The number of benzene rings is 1. The molecule has 0 fully saturated rings. The zero-order valence-electron chi connectivity index (χ0n) is 9.06. The first kappa shape index (κ1) is 10.4. The first-order valence-corrected chi connectivity index (χ1v) is 4.76. The van der Waals surface area contributed by atoms with Crippen molar-refractivity contribution in [3.8, 4) is 11.5 Å². The molecule has 1 aromatic carbocycles. The molecule has 82 valence electrons. The number of fused-ring (bicyclic) bond motifs is 1. The molecule has 0 aliphatic heterocycles. The van der Waals surface area contributed by atoms with E-state index in [1.54, 1.807) is 26.5 Å². The van der Waals surface area contributed by atoms with E-state index < -0.39 is 0 Å². The molecule has 16 heavy (non-hydrogen) atoms. The van der Waals surface area contributed by atoms with Gasteiger partial charge in [0.1, 0.15) is 5.69 Å². The molecule has 2 aromatic rings. The molecule has 2 rings (SSSR count). The van der Waals surface area contributed by atoms with Crippen LogP contribution in [-0.4, -0.2) is 25.5 Å². The summed E-state index contributed by atoms with van der Waals surface area (Å²) in [5.41, 5.74) is 0.401. The summed E-state index contributed by atoms with van der Waals surface area (Å²) < 4.78 is 10.4. The van der Waals surface area contributed by atoms with Crippen molar-refractivity contribution in [2.45, 2.75) is 0 Å². The van der Waals surface area contributed by atoms with Crippen molar-refractivity contribution < 1.29 is 14.3 Å². The van der Waals surface area contributed by atoms with Crippen molar-refractivity contribution in [3.05, 3.63) is 30.1 Å². The summed E-state index contributed by atoms with van der Waals surface area (Å²) in [5.74, 6) is 1.23. The fourth-order valence-corrected chi connectivity index (χ4v) is 1.62. The number of carbonyl (C=O) groups is 1. The van der Waals surface area contributed by atoms with Gasteiger partial charge in [-0.05, 0) is 23.6 Å². The van der Waals surface area contributed by atoms with Gasteiger partial charge in [-0.15, -0.1) is 0 Å². The standard InChI is InChI=1S/C12H11NO3/c1-15-11-5-8-3-4-13-10(7-14)9(8)6-12(11)16-2/h3-7H,1-2H3. The van der Waals surface area contributed by atoms with Gasteiger partial charge in [0.15, 0.2) is 17.8 Å². The molecule has 0 amide bonds. The van der Waals surface area contributed by atoms with Crippen molar-refractivity contribution in [1.82, 2.24) is 4.98 Å². The number of hydrogen-bond acceptors (Lipinski definition) is 4. The summed E-state index contributed by atoms with van der Waals surface area (Å²) in [6, 6.07) is 5.40. The molecule has 0 N–H and O–H groups in total. The number of hydrogen-bond donors (Lipinski definition) is 0. The van der Waals surface area contributed by atoms with Crippen molar-refractivity contribution >= 4 is 17.1 Å². The van der Waals surface area contributed by atoms with E-state index in [4.69, 9.17) is 9.47 Å². The Morgan fingerprint density at radius 2 is 1.88 bits per heavy atom. The summed E-state index contributed by atoms with van der Waals surface area (Å²) in [4.78, 5) is 14.8. The molecule has 0 bridgehead atoms. The second-order valence-electron chi connectivity index (χ2n) is 3.24. The Hall–Kier alpha value is -2.10. The molecule has 0 radical (unpaired) electrons. The highest BCUT2D eigenvalue weighted by Gasteiger charge is 2.08. The van der Waals surface area contributed by atoms with Gasteiger partial charge < -0.3 is 9.47 Å². The molecule has 0 atom stereocenters. The second-order valence-corrected chi connectivity index (χ2v) is 3.24. The van der Waals surface area contributed by atoms with E-state index in [0.717, 1.165) is 17.1 Å². The maximum atomic E-state index is 10.8. The van der Waals surface area contributed by atoms with Gasteiger partial charge in [-0.25, -0.2) is 0 Å². The predicted octanol–water partition coefficient (Wildman–Crippen LogP) is 2.06. The van der Waals surface area contributed by atoms with E-state index in [9.17, 15) is 4.79 Å². The first-order chi connectivity index (χ1) is 7.80. The third-order valence-corrected chi connectivity index (χ3v) is 2.41. The van der Waals surface area contributed by atoms with E-state index in [2.05, 4.69) is 4.98 Å². The van der Waals surface area contributed by atoms with E-state index in [-0.39, 0.29) is 0 Å². The lowest BCUT2D eigenvalue weighted by Gasteiger charge is -2.09. The molecule has 0 saturated carbocycles. The summed E-state index contributed by atoms with van der Waals surface area (Å²) in [5, 5.41) is 1.66. The highest BCUT2D eigenvalue weighted by molar-refractivity contribution is 5.97. The van der Waals surface area contributed by atoms with Crippen LogP contribution in [0.25, 0.3) is 10.8 Å². The molecule has 4 nitrogen and oxygen atoms in total. The first-order valence-electron chi connectivity index (χ1n) is 4.76. The highest BCUT2D eigenvalue weighted by atomic mass is 16.5. The lowest BCUT2D eigenvalue weighted by atomic mass is 10.1. The van der Waals surface area contributed by atoms with E-state index in [0.29, 0.717) is 17.2 Å². The van der Waals surface area contributed by atoms with Crippen molar-refractivity contribution in [3.63, 3.8) is 0 Å². The summed E-state index contributed by atoms with van der Waals surface area (Å²) in [6.07, 6.45) is 2.33. The average Bonchev–Trinajstić information content (AvgIpc) is 2.36. The van der Waals surface area contributed by atoms with Crippen molar-refractivity contribution in [1.29, 1.82) is 0 Å². The minimum absolute atomic E-state index is 0.401. The van der Waals surface area contributed by atoms with Gasteiger partial charge in [-0.1, -0.05) is 0 Å². The molecule has 0 spiro atoms. The average molecular weight is 217 g/mol. The zero-order chi connectivity index (χ0) is 11.5. The third kappa shape index (κ3) is 1.58. The van der Waals surface area contributed by atoms with Crippen LogP contribution in [0, 0.1) is 0 Å². The number of aldehydes is 1. The number of methoxy groups -OCH3 is 2. The quantitative estimate of drug-likeness (QED) is 0.738. The van der Waals surface area contributed by atoms with Gasteiger partial charge in [0.05, 0.1) is 14.2 Å². The number of rotatable bonds is 3. The van der Waals surface area contributed by atoms with Crippen LogP contribution in [0.3, 0.4) is 0 Å². The molecular formula is C12H11NO3. The summed E-state index contributed by atoms with van der Waals surface area (Å²) >= 11 is 0. The molecule has 0 saturated heterocycles. The number of carbonyl (C=O) groups excluding carboxylic acids is 1. The Bertz CT molecular complexity index is 537. The van der Waals surface area contributed by atoms with Gasteiger partial charge in [0, 0.05) is 11.6 Å². The van der Waals surface area contributed by atoms with Gasteiger partial charge in [0.25, 0.3) is 0 Å². The number of pyridine rings is 1. The van der Waals surface area contributed by atoms with Crippen molar-refractivity contribution in [2.75, 3.05) is 14.2 Å². The Morgan fingerprint density at radius 1 is 1.19 bits per heavy atom. The van der Waals surface area contributed by atoms with E-state index in [1.807, 2.05) is 12.1 Å². The molecule has 0 aliphatic rings. The highest BCUT2D eigenvalue weighted by Crippen LogP contribution is 2.32. The molecule has 1 heterocycles. The van der Waals surface area contributed by atoms with Gasteiger partial charge in [-0.3, -0.25) is 9.78 Å². The minimum atomic E-state index is 0.401. The van der Waals surface area contributed by atoms with Crippen LogP contribution in [0.1, 0.15) is 10.5 Å². The fraction of sp³-hybridized carbons (Fsp3) is 0.167. The second kappa shape index (κ2) is 4.18. The van der Waals surface area contributed by atoms with Crippen LogP contribution in [0.5, 0.6) is 11.5 Å². The van der Waals surface area contributed by atoms with E-state index >= 15 is 0 Å². The third-order valence-electron chi connectivity index (χ3n) is 2.41. The van der Waals surface area contributed by atoms with Crippen LogP contribution in [-0.2, 0) is 0 Å². The van der Waals surface area contributed by atoms with Crippen LogP contribution >= 0.6 is 0 Å². The lowest BCUT2D eigenvalue weighted by Crippen LogP contribution is -1.93. The Balaban J connectivity index is 2.77. The van der Waals surface area contributed by atoms with Crippen LogP contribution in [0.15, 0.2) is 24.4 Å². The predicted molar refractivity (Wildman–Crippen MR) is 60.2 cm³/mol. The fourth-order valence-electron chi connectivity index (χ4n) is 1.62. The van der Waals surface area contributed by atoms with Crippen LogP contribution in [0.4, 0.5) is 0 Å². The molecule has 0 unspecified atom stereocenters. The Kier molecular flexibility index (Phi) is 2.72.